The van der Waals surface area contributed by atoms with Gasteiger partial charge in [0.05, 0.1) is 0 Å². The summed E-state index contributed by atoms with van der Waals surface area (Å²) in [6.07, 6.45) is 1.59. The normalized spacial score (nSPS) is 17.9. The van der Waals surface area contributed by atoms with Crippen LogP contribution in [0.25, 0.3) is 11.1 Å². The van der Waals surface area contributed by atoms with Gasteiger partial charge in [0, 0.05) is 23.4 Å². The first-order valence-electron chi connectivity index (χ1n) is 10.0. The van der Waals surface area contributed by atoms with Gasteiger partial charge in [-0.25, -0.2) is 4.99 Å². The molecule has 2 heterocycles. The number of halogens is 1. The number of aromatic nitrogens is 1. The summed E-state index contributed by atoms with van der Waals surface area (Å²) in [5.74, 6) is -0.200. The van der Waals surface area contributed by atoms with Crippen molar-refractivity contribution < 1.29 is 9.59 Å². The van der Waals surface area contributed by atoms with Gasteiger partial charge in [-0.2, -0.15) is 0 Å². The monoisotopic (exact) mass is 539 g/mol. The number of nitrogens with two attached hydrogens (primary N) is 1. The Hall–Kier alpha value is -3.27. The van der Waals surface area contributed by atoms with Gasteiger partial charge in [-0.1, -0.05) is 30.3 Å². The van der Waals surface area contributed by atoms with Crippen LogP contribution in [0, 0.1) is 3.57 Å². The zero-order chi connectivity index (χ0) is 22.9. The lowest BCUT2D eigenvalue weighted by Crippen LogP contribution is -2.38. The summed E-state index contributed by atoms with van der Waals surface area (Å²) in [6.45, 7) is 2.11. The molecule has 4 rings (SSSR count). The molecule has 1 aromatic heterocycles. The summed E-state index contributed by atoms with van der Waals surface area (Å²) in [6, 6.07) is 19.0. The average molecular weight is 539 g/mol. The smallest absolute Gasteiger partial charge is 0.270 e. The largest absolute Gasteiger partial charge is 0.369 e. The second-order valence-electron chi connectivity index (χ2n) is 7.69. The molecule has 0 bridgehead atoms. The molecule has 1 unspecified atom stereocenters. The number of carbonyl (C=O) groups excluding carboxylic acids is 2. The minimum Gasteiger partial charge on any atom is -0.369 e. The first-order valence-corrected chi connectivity index (χ1v) is 11.1. The number of likely N-dealkylation sites (N-methyl/N-ethyl adjacent to an activating group) is 1. The van der Waals surface area contributed by atoms with Crippen LogP contribution in [0.5, 0.6) is 0 Å². The Morgan fingerprint density at radius 3 is 2.66 bits per heavy atom. The Kier molecular flexibility index (Phi) is 5.96. The summed E-state index contributed by atoms with van der Waals surface area (Å²) in [5, 5.41) is 2.94. The van der Waals surface area contributed by atoms with Crippen LogP contribution in [0.4, 0.5) is 0 Å². The van der Waals surface area contributed by atoms with Gasteiger partial charge < -0.3 is 11.1 Å². The minimum atomic E-state index is -1.07. The number of carbonyl (C=O) groups is 2. The summed E-state index contributed by atoms with van der Waals surface area (Å²) < 4.78 is 1.06. The third-order valence-corrected chi connectivity index (χ3v) is 6.22. The maximum Gasteiger partial charge on any atom is 0.270 e. The molecule has 8 heteroatoms. The van der Waals surface area contributed by atoms with Crippen LogP contribution < -0.4 is 11.1 Å². The van der Waals surface area contributed by atoms with E-state index in [0.717, 1.165) is 25.8 Å². The van der Waals surface area contributed by atoms with E-state index in [9.17, 15) is 9.59 Å². The van der Waals surface area contributed by atoms with Crippen LogP contribution >= 0.6 is 22.6 Å². The van der Waals surface area contributed by atoms with E-state index in [1.165, 1.54) is 4.90 Å². The van der Waals surface area contributed by atoms with E-state index in [2.05, 4.69) is 44.0 Å². The van der Waals surface area contributed by atoms with Gasteiger partial charge in [-0.15, -0.1) is 0 Å². The van der Waals surface area contributed by atoms with Crippen LogP contribution in [0.15, 0.2) is 71.9 Å². The highest BCUT2D eigenvalue weighted by molar-refractivity contribution is 14.1. The molecule has 1 atom stereocenters. The maximum atomic E-state index is 12.8. The predicted octanol–water partition coefficient (Wildman–Crippen LogP) is 3.29. The van der Waals surface area contributed by atoms with E-state index in [-0.39, 0.29) is 17.8 Å². The molecule has 1 aliphatic heterocycles. The van der Waals surface area contributed by atoms with Crippen LogP contribution in [-0.4, -0.2) is 34.7 Å². The van der Waals surface area contributed by atoms with Gasteiger partial charge in [-0.05, 0) is 82.1 Å². The van der Waals surface area contributed by atoms with Crippen molar-refractivity contribution in [2.24, 2.45) is 10.7 Å². The van der Waals surface area contributed by atoms with Crippen LogP contribution in [0.2, 0.25) is 0 Å². The molecule has 0 spiro atoms. The van der Waals surface area contributed by atoms with Gasteiger partial charge in [0.15, 0.2) is 11.5 Å². The molecule has 3 aromatic rings. The zero-order valence-corrected chi connectivity index (χ0v) is 19.8. The third kappa shape index (κ3) is 4.10. The fraction of sp³-hybridized carbons (Fsp3) is 0.167. The minimum absolute atomic E-state index is 0.169. The number of hydrogen-bond donors (Lipinski definition) is 2. The number of hydrogen-bond acceptors (Lipinski definition) is 5. The highest BCUT2D eigenvalue weighted by atomic mass is 127. The third-order valence-electron chi connectivity index (χ3n) is 5.55. The van der Waals surface area contributed by atoms with Crippen molar-refractivity contribution in [1.29, 1.82) is 0 Å². The summed E-state index contributed by atoms with van der Waals surface area (Å²) in [4.78, 5) is 35.1. The van der Waals surface area contributed by atoms with Crippen LogP contribution in [0.1, 0.15) is 28.5 Å². The maximum absolute atomic E-state index is 12.8. The molecule has 162 valence electrons. The number of amides is 2. The lowest BCUT2D eigenvalue weighted by atomic mass is 9.89. The molecular weight excluding hydrogens is 517 g/mol. The van der Waals surface area contributed by atoms with Crippen molar-refractivity contribution in [3.05, 3.63) is 87.3 Å². The summed E-state index contributed by atoms with van der Waals surface area (Å²) in [7, 11) is 1.62. The van der Waals surface area contributed by atoms with E-state index in [0.29, 0.717) is 12.2 Å². The van der Waals surface area contributed by atoms with Crippen molar-refractivity contribution in [3.8, 4) is 11.1 Å². The van der Waals surface area contributed by atoms with Gasteiger partial charge in [-0.3, -0.25) is 19.5 Å². The Morgan fingerprint density at radius 2 is 1.97 bits per heavy atom. The van der Waals surface area contributed by atoms with E-state index in [1.54, 1.807) is 38.4 Å². The SMILES string of the molecule is CN1C(=O)C(C)(c2cccc(-c3cc(I)ccc3CNC(=O)c3ccccn3)c2)N=C1N. The van der Waals surface area contributed by atoms with Gasteiger partial charge >= 0.3 is 0 Å². The molecule has 7 nitrogen and oxygen atoms in total. The standard InChI is InChI=1S/C24H22IN5O2/c1-24(22(32)30(2)23(26)29-24)17-7-5-6-15(12-17)19-13-18(25)10-9-16(19)14-28-21(31)20-8-3-4-11-27-20/h3-13H,14H2,1-2H3,(H2,26,29)(H,28,31). The molecular formula is C24H22IN5O2. The summed E-state index contributed by atoms with van der Waals surface area (Å²) >= 11 is 2.26. The number of guanidine groups is 1. The molecule has 0 saturated heterocycles. The lowest BCUT2D eigenvalue weighted by Gasteiger charge is -2.21. The number of pyridine rings is 1. The molecule has 0 radical (unpaired) electrons. The topological polar surface area (TPSA) is 101 Å². The Morgan fingerprint density at radius 1 is 1.16 bits per heavy atom. The fourth-order valence-electron chi connectivity index (χ4n) is 3.69. The fourth-order valence-corrected chi connectivity index (χ4v) is 4.19. The molecule has 0 saturated carbocycles. The predicted molar refractivity (Wildman–Crippen MR) is 132 cm³/mol. The Labute approximate surface area is 199 Å². The van der Waals surface area contributed by atoms with Crippen LogP contribution in [0.3, 0.4) is 0 Å². The number of nitrogens with one attached hydrogen (secondary N) is 1. The second kappa shape index (κ2) is 8.70. The molecule has 0 fully saturated rings. The van der Waals surface area contributed by atoms with E-state index in [4.69, 9.17) is 5.73 Å². The Bertz CT molecular complexity index is 1230. The quantitative estimate of drug-likeness (QED) is 0.486. The highest BCUT2D eigenvalue weighted by Gasteiger charge is 2.43. The highest BCUT2D eigenvalue weighted by Crippen LogP contribution is 2.35. The van der Waals surface area contributed by atoms with E-state index < -0.39 is 5.54 Å². The van der Waals surface area contributed by atoms with E-state index >= 15 is 0 Å². The molecule has 0 aliphatic carbocycles. The van der Waals surface area contributed by atoms with Crippen LogP contribution in [-0.2, 0) is 16.9 Å². The van der Waals surface area contributed by atoms with Crippen molar-refractivity contribution in [2.75, 3.05) is 7.05 Å². The first kappa shape index (κ1) is 21.9. The van der Waals surface area contributed by atoms with Crippen molar-refractivity contribution in [2.45, 2.75) is 19.0 Å². The number of rotatable bonds is 5. The number of aliphatic imine (C=N–C) groups is 1. The molecule has 1 aliphatic rings. The van der Waals surface area contributed by atoms with Gasteiger partial charge in [0.2, 0.25) is 0 Å². The van der Waals surface area contributed by atoms with Gasteiger partial charge in [0.25, 0.3) is 11.8 Å². The van der Waals surface area contributed by atoms with Gasteiger partial charge in [0.1, 0.15) is 5.69 Å². The number of nitrogens with zero attached hydrogens (tertiary/aromatic N) is 3. The van der Waals surface area contributed by atoms with Crippen molar-refractivity contribution in [1.82, 2.24) is 15.2 Å². The molecule has 3 N–H and O–H groups in total. The van der Waals surface area contributed by atoms with Crippen molar-refractivity contribution >= 4 is 40.4 Å². The second-order valence-corrected chi connectivity index (χ2v) is 8.93. The van der Waals surface area contributed by atoms with E-state index in [1.807, 2.05) is 36.4 Å². The molecule has 2 aromatic carbocycles. The summed E-state index contributed by atoms with van der Waals surface area (Å²) in [5.41, 5.74) is 8.82. The number of benzene rings is 2. The average Bonchev–Trinajstić information content (AvgIpc) is 3.02. The zero-order valence-electron chi connectivity index (χ0n) is 17.7. The first-order chi connectivity index (χ1) is 15.3. The molecule has 32 heavy (non-hydrogen) atoms. The Balaban J connectivity index is 1.66. The molecule has 2 amide bonds. The lowest BCUT2D eigenvalue weighted by molar-refractivity contribution is -0.130. The van der Waals surface area contributed by atoms with Crippen molar-refractivity contribution in [3.63, 3.8) is 0 Å².